The molecule has 0 unspecified atom stereocenters. The fraction of sp³-hybridized carbons (Fsp3) is 0.176. The maximum atomic E-state index is 2.32. The molecule has 0 atom stereocenters. The standard InChI is InChI=1S/C17H17N/c1-13-5-3-7-15(11-13)12-18-10-9-16-14(2)6-4-8-17(16)18/h3-11H,12H2,1-2H3. The second kappa shape index (κ2) is 4.34. The minimum absolute atomic E-state index is 0.939. The van der Waals surface area contributed by atoms with Gasteiger partial charge < -0.3 is 4.57 Å². The molecule has 0 saturated carbocycles. The van der Waals surface area contributed by atoms with Crippen LogP contribution < -0.4 is 0 Å². The summed E-state index contributed by atoms with van der Waals surface area (Å²) in [4.78, 5) is 0. The molecule has 0 N–H and O–H groups in total. The second-order valence-electron chi connectivity index (χ2n) is 4.94. The topological polar surface area (TPSA) is 4.93 Å². The molecule has 0 aliphatic heterocycles. The number of fused-ring (bicyclic) bond motifs is 1. The molecule has 18 heavy (non-hydrogen) atoms. The first-order valence-electron chi connectivity index (χ1n) is 6.34. The van der Waals surface area contributed by atoms with E-state index in [1.54, 1.807) is 0 Å². The molecule has 1 heteroatoms. The van der Waals surface area contributed by atoms with Gasteiger partial charge in [-0.15, -0.1) is 0 Å². The summed E-state index contributed by atoms with van der Waals surface area (Å²) in [5.74, 6) is 0. The van der Waals surface area contributed by atoms with Crippen LogP contribution in [0.1, 0.15) is 16.7 Å². The maximum absolute atomic E-state index is 2.32. The molecule has 3 aromatic rings. The molecule has 0 aliphatic carbocycles. The van der Waals surface area contributed by atoms with Crippen molar-refractivity contribution in [1.82, 2.24) is 4.57 Å². The van der Waals surface area contributed by atoms with Gasteiger partial charge in [0.25, 0.3) is 0 Å². The molecule has 1 heterocycles. The third kappa shape index (κ3) is 1.92. The molecule has 1 nitrogen and oxygen atoms in total. The van der Waals surface area contributed by atoms with Crippen molar-refractivity contribution in [3.8, 4) is 0 Å². The average Bonchev–Trinajstić information content (AvgIpc) is 2.74. The molecule has 0 amide bonds. The van der Waals surface area contributed by atoms with Crippen LogP contribution in [0.3, 0.4) is 0 Å². The minimum atomic E-state index is 0.939. The number of hydrogen-bond acceptors (Lipinski definition) is 0. The largest absolute Gasteiger partial charge is 0.343 e. The van der Waals surface area contributed by atoms with Crippen LogP contribution in [0, 0.1) is 13.8 Å². The lowest BCUT2D eigenvalue weighted by Crippen LogP contribution is -1.97. The van der Waals surface area contributed by atoms with Crippen molar-refractivity contribution in [3.05, 3.63) is 71.4 Å². The van der Waals surface area contributed by atoms with Crippen LogP contribution in [-0.2, 0) is 6.54 Å². The Balaban J connectivity index is 2.03. The van der Waals surface area contributed by atoms with E-state index in [1.165, 1.54) is 27.6 Å². The Morgan fingerprint density at radius 3 is 2.61 bits per heavy atom. The lowest BCUT2D eigenvalue weighted by atomic mass is 10.1. The molecule has 1 aromatic heterocycles. The third-order valence-corrected chi connectivity index (χ3v) is 3.47. The first kappa shape index (κ1) is 11.1. The van der Waals surface area contributed by atoms with Gasteiger partial charge in [-0.2, -0.15) is 0 Å². The van der Waals surface area contributed by atoms with Crippen molar-refractivity contribution in [3.63, 3.8) is 0 Å². The predicted octanol–water partition coefficient (Wildman–Crippen LogP) is 4.31. The summed E-state index contributed by atoms with van der Waals surface area (Å²) in [6, 6.07) is 17.4. The highest BCUT2D eigenvalue weighted by Gasteiger charge is 2.03. The quantitative estimate of drug-likeness (QED) is 0.624. The summed E-state index contributed by atoms with van der Waals surface area (Å²) < 4.78 is 2.32. The number of hydrogen-bond donors (Lipinski definition) is 0. The Morgan fingerprint density at radius 1 is 0.944 bits per heavy atom. The summed E-state index contributed by atoms with van der Waals surface area (Å²) in [5, 5.41) is 1.35. The Hall–Kier alpha value is -2.02. The number of aromatic nitrogens is 1. The molecule has 0 aliphatic rings. The zero-order valence-electron chi connectivity index (χ0n) is 10.9. The Labute approximate surface area is 108 Å². The molecule has 0 bridgehead atoms. The van der Waals surface area contributed by atoms with Crippen molar-refractivity contribution < 1.29 is 0 Å². The number of benzene rings is 2. The number of aryl methyl sites for hydroxylation is 2. The van der Waals surface area contributed by atoms with Gasteiger partial charge in [0.05, 0.1) is 0 Å². The van der Waals surface area contributed by atoms with Gasteiger partial charge in [0.2, 0.25) is 0 Å². The summed E-state index contributed by atoms with van der Waals surface area (Å²) >= 11 is 0. The maximum Gasteiger partial charge on any atom is 0.0486 e. The van der Waals surface area contributed by atoms with E-state index >= 15 is 0 Å². The molecule has 0 radical (unpaired) electrons. The third-order valence-electron chi connectivity index (χ3n) is 3.47. The van der Waals surface area contributed by atoms with E-state index < -0.39 is 0 Å². The summed E-state index contributed by atoms with van der Waals surface area (Å²) in [6.07, 6.45) is 2.18. The van der Waals surface area contributed by atoms with Crippen LogP contribution in [0.2, 0.25) is 0 Å². The Kier molecular flexibility index (Phi) is 2.67. The van der Waals surface area contributed by atoms with Crippen LogP contribution in [0.5, 0.6) is 0 Å². The smallest absolute Gasteiger partial charge is 0.0486 e. The summed E-state index contributed by atoms with van der Waals surface area (Å²) in [5.41, 5.74) is 5.33. The summed E-state index contributed by atoms with van der Waals surface area (Å²) in [6.45, 7) is 5.25. The predicted molar refractivity (Wildman–Crippen MR) is 77.0 cm³/mol. The second-order valence-corrected chi connectivity index (χ2v) is 4.94. The lowest BCUT2D eigenvalue weighted by Gasteiger charge is -2.07. The van der Waals surface area contributed by atoms with E-state index in [1.807, 2.05) is 0 Å². The van der Waals surface area contributed by atoms with Gasteiger partial charge in [-0.1, -0.05) is 42.0 Å². The van der Waals surface area contributed by atoms with Gasteiger partial charge in [0.1, 0.15) is 0 Å². The van der Waals surface area contributed by atoms with Crippen molar-refractivity contribution in [1.29, 1.82) is 0 Å². The Bertz CT molecular complexity index is 692. The van der Waals surface area contributed by atoms with E-state index in [-0.39, 0.29) is 0 Å². The minimum Gasteiger partial charge on any atom is -0.343 e. The monoisotopic (exact) mass is 235 g/mol. The highest BCUT2D eigenvalue weighted by Crippen LogP contribution is 2.20. The SMILES string of the molecule is Cc1cccc(Cn2ccc3c(C)cccc32)c1. The molecular formula is C17H17N. The van der Waals surface area contributed by atoms with E-state index in [9.17, 15) is 0 Å². The molecule has 0 saturated heterocycles. The fourth-order valence-corrected chi connectivity index (χ4v) is 2.52. The van der Waals surface area contributed by atoms with Gasteiger partial charge in [0, 0.05) is 23.6 Å². The molecule has 90 valence electrons. The van der Waals surface area contributed by atoms with Crippen LogP contribution in [0.15, 0.2) is 54.7 Å². The van der Waals surface area contributed by atoms with Gasteiger partial charge >= 0.3 is 0 Å². The van der Waals surface area contributed by atoms with E-state index in [4.69, 9.17) is 0 Å². The van der Waals surface area contributed by atoms with Gasteiger partial charge in [0.15, 0.2) is 0 Å². The average molecular weight is 235 g/mol. The van der Waals surface area contributed by atoms with Gasteiger partial charge in [-0.05, 0) is 37.1 Å². The van der Waals surface area contributed by atoms with Crippen LogP contribution in [-0.4, -0.2) is 4.57 Å². The molecule has 2 aromatic carbocycles. The molecule has 0 spiro atoms. The Morgan fingerprint density at radius 2 is 1.78 bits per heavy atom. The fourth-order valence-electron chi connectivity index (χ4n) is 2.52. The molecular weight excluding hydrogens is 218 g/mol. The number of rotatable bonds is 2. The molecule has 0 fully saturated rings. The lowest BCUT2D eigenvalue weighted by molar-refractivity contribution is 0.836. The normalized spacial score (nSPS) is 11.0. The summed E-state index contributed by atoms with van der Waals surface area (Å²) in [7, 11) is 0. The first-order valence-corrected chi connectivity index (χ1v) is 6.34. The zero-order valence-corrected chi connectivity index (χ0v) is 10.9. The highest BCUT2D eigenvalue weighted by molar-refractivity contribution is 5.83. The highest BCUT2D eigenvalue weighted by atomic mass is 14.9. The van der Waals surface area contributed by atoms with E-state index in [0.717, 1.165) is 6.54 Å². The molecule has 3 rings (SSSR count). The van der Waals surface area contributed by atoms with Gasteiger partial charge in [-0.3, -0.25) is 0 Å². The van der Waals surface area contributed by atoms with Crippen LogP contribution in [0.25, 0.3) is 10.9 Å². The zero-order chi connectivity index (χ0) is 12.5. The van der Waals surface area contributed by atoms with E-state index in [2.05, 4.69) is 73.1 Å². The van der Waals surface area contributed by atoms with Gasteiger partial charge in [-0.25, -0.2) is 0 Å². The van der Waals surface area contributed by atoms with E-state index in [0.29, 0.717) is 0 Å². The van der Waals surface area contributed by atoms with Crippen molar-refractivity contribution >= 4 is 10.9 Å². The van der Waals surface area contributed by atoms with Crippen molar-refractivity contribution in [2.24, 2.45) is 0 Å². The van der Waals surface area contributed by atoms with Crippen LogP contribution >= 0.6 is 0 Å². The number of nitrogens with zero attached hydrogens (tertiary/aromatic N) is 1. The van der Waals surface area contributed by atoms with Crippen molar-refractivity contribution in [2.45, 2.75) is 20.4 Å². The van der Waals surface area contributed by atoms with Crippen molar-refractivity contribution in [2.75, 3.05) is 0 Å². The first-order chi connectivity index (χ1) is 8.74. The van der Waals surface area contributed by atoms with Crippen LogP contribution in [0.4, 0.5) is 0 Å².